The van der Waals surface area contributed by atoms with E-state index in [1.54, 1.807) is 43.8 Å². The van der Waals surface area contributed by atoms with E-state index in [-0.39, 0.29) is 29.5 Å². The number of hydrogen-bond donors (Lipinski definition) is 2. The summed E-state index contributed by atoms with van der Waals surface area (Å²) in [4.78, 5) is 39.4. The van der Waals surface area contributed by atoms with E-state index in [0.29, 0.717) is 16.4 Å². The van der Waals surface area contributed by atoms with Crippen LogP contribution in [0.4, 0.5) is 11.4 Å². The van der Waals surface area contributed by atoms with Crippen LogP contribution in [0.1, 0.15) is 18.2 Å². The molecule has 0 saturated heterocycles. The van der Waals surface area contributed by atoms with Crippen molar-refractivity contribution in [2.45, 2.75) is 30.4 Å². The van der Waals surface area contributed by atoms with Gasteiger partial charge in [0, 0.05) is 22.7 Å². The van der Waals surface area contributed by atoms with E-state index in [1.807, 2.05) is 60.7 Å². The highest BCUT2D eigenvalue weighted by Crippen LogP contribution is 2.27. The maximum absolute atomic E-state index is 13.1. The lowest BCUT2D eigenvalue weighted by Crippen LogP contribution is -2.27. The number of para-hydroxylation sites is 1. The molecular weight excluding hydrogens is 508 g/mol. The van der Waals surface area contributed by atoms with Gasteiger partial charge in [-0.2, -0.15) is 0 Å². The molecule has 2 amide bonds. The highest BCUT2D eigenvalue weighted by molar-refractivity contribution is 8.00. The molecule has 0 aliphatic rings. The number of carbonyl (C=O) groups excluding carboxylic acids is 2. The number of benzene rings is 3. The molecule has 4 rings (SSSR count). The number of anilines is 2. The molecule has 0 bridgehead atoms. The van der Waals surface area contributed by atoms with E-state index in [1.165, 1.54) is 16.4 Å². The van der Waals surface area contributed by atoms with Gasteiger partial charge < -0.3 is 10.6 Å². The smallest absolute Gasteiger partial charge is 0.295 e. The number of halogens is 1. The topological polar surface area (TPSA) is 85.1 Å². The van der Waals surface area contributed by atoms with Gasteiger partial charge in [-0.25, -0.2) is 4.68 Å². The van der Waals surface area contributed by atoms with Crippen LogP contribution in [0.15, 0.2) is 88.6 Å². The number of carbonyl (C=O) groups is 2. The zero-order valence-corrected chi connectivity index (χ0v) is 22.3. The van der Waals surface area contributed by atoms with Crippen molar-refractivity contribution in [3.8, 4) is 5.69 Å². The molecule has 2 N–H and O–H groups in total. The van der Waals surface area contributed by atoms with Crippen molar-refractivity contribution in [2.24, 2.45) is 7.05 Å². The van der Waals surface area contributed by atoms with Crippen molar-refractivity contribution in [3.63, 3.8) is 0 Å². The lowest BCUT2D eigenvalue weighted by molar-refractivity contribution is -0.116. The van der Waals surface area contributed by atoms with E-state index in [2.05, 4.69) is 10.6 Å². The molecule has 7 nitrogen and oxygen atoms in total. The Morgan fingerprint density at radius 3 is 2.38 bits per heavy atom. The van der Waals surface area contributed by atoms with Crippen LogP contribution in [0.25, 0.3) is 5.69 Å². The number of aromatic nitrogens is 2. The molecule has 0 saturated carbocycles. The van der Waals surface area contributed by atoms with Crippen LogP contribution in [-0.2, 0) is 23.1 Å². The van der Waals surface area contributed by atoms with Crippen molar-refractivity contribution in [1.82, 2.24) is 9.36 Å². The quantitative estimate of drug-likeness (QED) is 0.295. The minimum absolute atomic E-state index is 0.149. The van der Waals surface area contributed by atoms with Crippen molar-refractivity contribution < 1.29 is 9.59 Å². The fourth-order valence-electron chi connectivity index (χ4n) is 3.83. The summed E-state index contributed by atoms with van der Waals surface area (Å²) < 4.78 is 3.25. The Bertz CT molecular complexity index is 1480. The summed E-state index contributed by atoms with van der Waals surface area (Å²) >= 11 is 7.25. The third-order valence-corrected chi connectivity index (χ3v) is 7.23. The molecular formula is C28H27ClN4O3S. The van der Waals surface area contributed by atoms with E-state index < -0.39 is 5.25 Å². The number of rotatable bonds is 8. The van der Waals surface area contributed by atoms with Gasteiger partial charge in [0.15, 0.2) is 0 Å². The highest BCUT2D eigenvalue weighted by atomic mass is 35.5. The number of nitrogens with one attached hydrogen (secondary N) is 2. The average Bonchev–Trinajstić information content (AvgIpc) is 3.09. The molecule has 3 aromatic carbocycles. The maximum atomic E-state index is 13.1. The summed E-state index contributed by atoms with van der Waals surface area (Å²) in [7, 11) is 1.78. The Labute approximate surface area is 224 Å². The monoisotopic (exact) mass is 534 g/mol. The van der Waals surface area contributed by atoms with Crippen molar-refractivity contribution in [2.75, 3.05) is 10.6 Å². The first-order valence-corrected chi connectivity index (χ1v) is 12.9. The molecule has 9 heteroatoms. The molecule has 37 heavy (non-hydrogen) atoms. The predicted molar refractivity (Wildman–Crippen MR) is 150 cm³/mol. The first-order valence-electron chi connectivity index (χ1n) is 11.7. The second-order valence-electron chi connectivity index (χ2n) is 8.57. The van der Waals surface area contributed by atoms with Gasteiger partial charge in [0.05, 0.1) is 23.1 Å². The average molecular weight is 535 g/mol. The number of nitrogens with zero attached hydrogens (tertiary/aromatic N) is 2. The fraction of sp³-hybridized carbons (Fsp3) is 0.179. The van der Waals surface area contributed by atoms with Crippen LogP contribution in [0.2, 0.25) is 5.02 Å². The van der Waals surface area contributed by atoms with E-state index >= 15 is 0 Å². The standard InChI is InChI=1S/C28H27ClN4O3S/c1-18-26(28(36)33(32(18)3)23-9-5-4-6-10-23)31-27(35)19(2)37-24-11-7-8-22(17-24)30-25(34)16-20-12-14-21(29)15-13-20/h4-15,17,19H,16H2,1-3H3,(H,30,34)(H,31,35). The second-order valence-corrected chi connectivity index (χ2v) is 10.4. The summed E-state index contributed by atoms with van der Waals surface area (Å²) in [6.45, 7) is 3.57. The number of thioether (sulfide) groups is 1. The van der Waals surface area contributed by atoms with Gasteiger partial charge >= 0.3 is 0 Å². The molecule has 1 aromatic heterocycles. The van der Waals surface area contributed by atoms with Crippen LogP contribution in [-0.4, -0.2) is 26.4 Å². The van der Waals surface area contributed by atoms with Gasteiger partial charge in [0.25, 0.3) is 5.56 Å². The molecule has 0 aliphatic carbocycles. The summed E-state index contributed by atoms with van der Waals surface area (Å²) in [6, 6.07) is 23.7. The van der Waals surface area contributed by atoms with Crippen LogP contribution < -0.4 is 16.2 Å². The van der Waals surface area contributed by atoms with E-state index in [9.17, 15) is 14.4 Å². The minimum Gasteiger partial charge on any atom is -0.326 e. The first kappa shape index (κ1) is 26.3. The lowest BCUT2D eigenvalue weighted by Gasteiger charge is -2.12. The van der Waals surface area contributed by atoms with E-state index in [0.717, 1.165) is 16.1 Å². The third kappa shape index (κ3) is 6.34. The van der Waals surface area contributed by atoms with Gasteiger partial charge in [-0.15, -0.1) is 11.8 Å². The minimum atomic E-state index is -0.482. The molecule has 0 fully saturated rings. The molecule has 0 spiro atoms. The summed E-state index contributed by atoms with van der Waals surface area (Å²) in [5, 5.41) is 5.85. The zero-order valence-electron chi connectivity index (χ0n) is 20.7. The Hall–Kier alpha value is -3.75. The normalized spacial score (nSPS) is 11.7. The number of hydrogen-bond acceptors (Lipinski definition) is 4. The largest absolute Gasteiger partial charge is 0.326 e. The molecule has 1 atom stereocenters. The summed E-state index contributed by atoms with van der Waals surface area (Å²) in [5.74, 6) is -0.433. The van der Waals surface area contributed by atoms with Crippen molar-refractivity contribution in [3.05, 3.63) is 105 Å². The Balaban J connectivity index is 1.41. The predicted octanol–water partition coefficient (Wildman–Crippen LogP) is 5.44. The lowest BCUT2D eigenvalue weighted by atomic mass is 10.1. The van der Waals surface area contributed by atoms with Crippen molar-refractivity contribution in [1.29, 1.82) is 0 Å². The van der Waals surface area contributed by atoms with Gasteiger partial charge in [0.2, 0.25) is 11.8 Å². The summed E-state index contributed by atoms with van der Waals surface area (Å²) in [6.07, 6.45) is 0.226. The van der Waals surface area contributed by atoms with E-state index in [4.69, 9.17) is 11.6 Å². The van der Waals surface area contributed by atoms with Gasteiger partial charge in [-0.3, -0.25) is 19.1 Å². The summed E-state index contributed by atoms with van der Waals surface area (Å²) in [5.41, 5.74) is 2.84. The maximum Gasteiger partial charge on any atom is 0.295 e. The van der Waals surface area contributed by atoms with Crippen LogP contribution in [0.3, 0.4) is 0 Å². The van der Waals surface area contributed by atoms with Crippen LogP contribution in [0, 0.1) is 6.92 Å². The Morgan fingerprint density at radius 2 is 1.68 bits per heavy atom. The Morgan fingerprint density at radius 1 is 0.973 bits per heavy atom. The van der Waals surface area contributed by atoms with Gasteiger partial charge in [0.1, 0.15) is 5.69 Å². The molecule has 1 unspecified atom stereocenters. The molecule has 190 valence electrons. The SMILES string of the molecule is Cc1c(NC(=O)C(C)Sc2cccc(NC(=O)Cc3ccc(Cl)cc3)c2)c(=O)n(-c2ccccc2)n1C. The fourth-order valence-corrected chi connectivity index (χ4v) is 4.89. The van der Waals surface area contributed by atoms with Gasteiger partial charge in [-0.05, 0) is 61.9 Å². The second kappa shape index (κ2) is 11.5. The van der Waals surface area contributed by atoms with Crippen LogP contribution in [0.5, 0.6) is 0 Å². The first-order chi connectivity index (χ1) is 17.7. The van der Waals surface area contributed by atoms with Gasteiger partial charge in [-0.1, -0.05) is 48.0 Å². The Kier molecular flexibility index (Phi) is 8.21. The third-order valence-electron chi connectivity index (χ3n) is 5.88. The molecule has 4 aromatic rings. The highest BCUT2D eigenvalue weighted by Gasteiger charge is 2.21. The van der Waals surface area contributed by atoms with Crippen LogP contribution >= 0.6 is 23.4 Å². The molecule has 1 heterocycles. The number of amides is 2. The molecule has 0 radical (unpaired) electrons. The van der Waals surface area contributed by atoms with Crippen molar-refractivity contribution >= 4 is 46.6 Å². The zero-order chi connectivity index (χ0) is 26.5. The molecule has 0 aliphatic heterocycles.